The van der Waals surface area contributed by atoms with E-state index < -0.39 is 17.9 Å². The van der Waals surface area contributed by atoms with Gasteiger partial charge >= 0.3 is 5.97 Å². The Morgan fingerprint density at radius 1 is 1.19 bits per heavy atom. The van der Waals surface area contributed by atoms with Crippen molar-refractivity contribution >= 4 is 17.8 Å². The third-order valence-electron chi connectivity index (χ3n) is 4.89. The number of carboxylic acids is 1. The number of aliphatic carboxylic acids is 1. The molecule has 0 aromatic heterocycles. The van der Waals surface area contributed by atoms with Crippen molar-refractivity contribution in [2.45, 2.75) is 33.2 Å². The van der Waals surface area contributed by atoms with Gasteiger partial charge in [-0.25, -0.2) is 0 Å². The number of hydrogen-bond acceptors (Lipinski definition) is 4. The van der Waals surface area contributed by atoms with Crippen LogP contribution in [0, 0.1) is 17.8 Å². The minimum absolute atomic E-state index is 0.105. The molecule has 1 fully saturated rings. The van der Waals surface area contributed by atoms with Crippen LogP contribution in [0.2, 0.25) is 0 Å². The smallest absolute Gasteiger partial charge is 0.308 e. The predicted octanol–water partition coefficient (Wildman–Crippen LogP) is 2.02. The Morgan fingerprint density at radius 3 is 2.33 bits per heavy atom. The number of piperidine rings is 1. The van der Waals surface area contributed by atoms with Gasteiger partial charge < -0.3 is 20.1 Å². The summed E-state index contributed by atoms with van der Waals surface area (Å²) >= 11 is 0. The van der Waals surface area contributed by atoms with E-state index in [1.807, 2.05) is 20.8 Å². The van der Waals surface area contributed by atoms with Crippen LogP contribution >= 0.6 is 0 Å². The SMILES string of the molecule is COc1ccc(C(=O)NC(C(=O)N2CC(C)CC(C(=O)O)C2)C(C)C)cc1. The molecular weight excluding hydrogens is 348 g/mol. The molecule has 1 aliphatic heterocycles. The summed E-state index contributed by atoms with van der Waals surface area (Å²) < 4.78 is 5.08. The van der Waals surface area contributed by atoms with Gasteiger partial charge in [0.2, 0.25) is 5.91 Å². The fraction of sp³-hybridized carbons (Fsp3) is 0.550. The summed E-state index contributed by atoms with van der Waals surface area (Å²) in [6.07, 6.45) is 0.559. The van der Waals surface area contributed by atoms with Gasteiger partial charge in [-0.2, -0.15) is 0 Å². The number of amides is 2. The van der Waals surface area contributed by atoms with Gasteiger partial charge in [0.25, 0.3) is 5.91 Å². The summed E-state index contributed by atoms with van der Waals surface area (Å²) in [5.74, 6) is -1.40. The molecule has 7 nitrogen and oxygen atoms in total. The number of nitrogens with zero attached hydrogens (tertiary/aromatic N) is 1. The first kappa shape index (κ1) is 20.7. The molecule has 0 radical (unpaired) electrons. The Labute approximate surface area is 159 Å². The highest BCUT2D eigenvalue weighted by Gasteiger charge is 2.36. The molecule has 1 heterocycles. The molecule has 27 heavy (non-hydrogen) atoms. The molecule has 7 heteroatoms. The second-order valence-electron chi connectivity index (χ2n) is 7.54. The summed E-state index contributed by atoms with van der Waals surface area (Å²) in [6, 6.07) is 5.94. The highest BCUT2D eigenvalue weighted by atomic mass is 16.5. The number of carboxylic acid groups (broad SMARTS) is 1. The van der Waals surface area contributed by atoms with E-state index in [-0.39, 0.29) is 30.2 Å². The van der Waals surface area contributed by atoms with Gasteiger partial charge in [0.15, 0.2) is 0 Å². The molecule has 1 aromatic carbocycles. The van der Waals surface area contributed by atoms with Crippen LogP contribution in [0.3, 0.4) is 0 Å². The van der Waals surface area contributed by atoms with Crippen LogP contribution in [0.25, 0.3) is 0 Å². The van der Waals surface area contributed by atoms with E-state index in [2.05, 4.69) is 5.32 Å². The quantitative estimate of drug-likeness (QED) is 0.792. The van der Waals surface area contributed by atoms with E-state index >= 15 is 0 Å². The minimum Gasteiger partial charge on any atom is -0.497 e. The van der Waals surface area contributed by atoms with Gasteiger partial charge in [-0.05, 0) is 42.5 Å². The predicted molar refractivity (Wildman–Crippen MR) is 101 cm³/mol. The second kappa shape index (κ2) is 8.88. The molecule has 2 N–H and O–H groups in total. The van der Waals surface area contributed by atoms with Gasteiger partial charge in [0, 0.05) is 18.7 Å². The fourth-order valence-electron chi connectivity index (χ4n) is 3.39. The fourth-order valence-corrected chi connectivity index (χ4v) is 3.39. The average molecular weight is 376 g/mol. The second-order valence-corrected chi connectivity index (χ2v) is 7.54. The third-order valence-corrected chi connectivity index (χ3v) is 4.89. The number of ether oxygens (including phenoxy) is 1. The zero-order valence-electron chi connectivity index (χ0n) is 16.3. The molecule has 1 aliphatic rings. The standard InChI is InChI=1S/C20H28N2O5/c1-12(2)17(21-18(23)14-5-7-16(27-4)8-6-14)19(24)22-10-13(3)9-15(11-22)20(25)26/h5-8,12-13,15,17H,9-11H2,1-4H3,(H,21,23)(H,25,26). The first-order chi connectivity index (χ1) is 12.7. The Bertz CT molecular complexity index is 686. The number of benzene rings is 1. The van der Waals surface area contributed by atoms with E-state index in [9.17, 15) is 19.5 Å². The molecule has 148 valence electrons. The van der Waals surface area contributed by atoms with E-state index in [1.165, 1.54) is 0 Å². The Kier molecular flexibility index (Phi) is 6.82. The Morgan fingerprint density at radius 2 is 1.81 bits per heavy atom. The Balaban J connectivity index is 2.12. The minimum atomic E-state index is -0.886. The monoisotopic (exact) mass is 376 g/mol. The van der Waals surface area contributed by atoms with Gasteiger partial charge in [0.1, 0.15) is 11.8 Å². The molecule has 3 atom stereocenters. The molecular formula is C20H28N2O5. The molecule has 1 saturated heterocycles. The summed E-state index contributed by atoms with van der Waals surface area (Å²) in [5.41, 5.74) is 0.435. The third kappa shape index (κ3) is 5.21. The Hall–Kier alpha value is -2.57. The zero-order chi connectivity index (χ0) is 20.1. The van der Waals surface area contributed by atoms with Crippen LogP contribution in [0.1, 0.15) is 37.6 Å². The normalized spacial score (nSPS) is 20.9. The number of hydrogen-bond donors (Lipinski definition) is 2. The van der Waals surface area contributed by atoms with E-state index in [4.69, 9.17) is 4.74 Å². The summed E-state index contributed by atoms with van der Waals surface area (Å²) in [5, 5.41) is 12.1. The van der Waals surface area contributed by atoms with Crippen LogP contribution in [-0.2, 0) is 9.59 Å². The molecule has 2 amide bonds. The van der Waals surface area contributed by atoms with Crippen molar-refractivity contribution in [3.05, 3.63) is 29.8 Å². The maximum absolute atomic E-state index is 13.0. The highest BCUT2D eigenvalue weighted by molar-refractivity contribution is 5.97. The van der Waals surface area contributed by atoms with Crippen LogP contribution in [0.4, 0.5) is 0 Å². The number of carbonyl (C=O) groups is 3. The summed E-state index contributed by atoms with van der Waals surface area (Å²) in [7, 11) is 1.55. The lowest BCUT2D eigenvalue weighted by molar-refractivity contribution is -0.147. The number of likely N-dealkylation sites (tertiary alicyclic amines) is 1. The summed E-state index contributed by atoms with van der Waals surface area (Å²) in [4.78, 5) is 38.5. The van der Waals surface area contributed by atoms with Crippen LogP contribution in [0.5, 0.6) is 5.75 Å². The van der Waals surface area contributed by atoms with Crippen molar-refractivity contribution in [1.82, 2.24) is 10.2 Å². The maximum atomic E-state index is 13.0. The number of carbonyl (C=O) groups excluding carboxylic acids is 2. The zero-order valence-corrected chi connectivity index (χ0v) is 16.3. The van der Waals surface area contributed by atoms with Gasteiger partial charge in [-0.15, -0.1) is 0 Å². The van der Waals surface area contributed by atoms with Gasteiger partial charge in [0.05, 0.1) is 13.0 Å². The lowest BCUT2D eigenvalue weighted by Gasteiger charge is -2.37. The van der Waals surface area contributed by atoms with Crippen LogP contribution < -0.4 is 10.1 Å². The number of nitrogens with one attached hydrogen (secondary N) is 1. The van der Waals surface area contributed by atoms with E-state index in [1.54, 1.807) is 36.3 Å². The molecule has 0 aliphatic carbocycles. The van der Waals surface area contributed by atoms with Crippen molar-refractivity contribution in [2.75, 3.05) is 20.2 Å². The molecule has 0 bridgehead atoms. The first-order valence-corrected chi connectivity index (χ1v) is 9.19. The number of methoxy groups -OCH3 is 1. The molecule has 0 spiro atoms. The van der Waals surface area contributed by atoms with Crippen molar-refractivity contribution in [1.29, 1.82) is 0 Å². The van der Waals surface area contributed by atoms with Crippen LogP contribution in [-0.4, -0.2) is 54.0 Å². The van der Waals surface area contributed by atoms with Gasteiger partial charge in [-0.3, -0.25) is 14.4 Å². The van der Waals surface area contributed by atoms with E-state index in [0.717, 1.165) is 0 Å². The van der Waals surface area contributed by atoms with Crippen molar-refractivity contribution in [3.63, 3.8) is 0 Å². The topological polar surface area (TPSA) is 95.9 Å². The molecule has 1 aromatic rings. The maximum Gasteiger partial charge on any atom is 0.308 e. The van der Waals surface area contributed by atoms with Crippen molar-refractivity contribution in [2.24, 2.45) is 17.8 Å². The van der Waals surface area contributed by atoms with Gasteiger partial charge in [-0.1, -0.05) is 20.8 Å². The molecule has 0 saturated carbocycles. The van der Waals surface area contributed by atoms with E-state index in [0.29, 0.717) is 24.3 Å². The lowest BCUT2D eigenvalue weighted by Crippen LogP contribution is -2.55. The first-order valence-electron chi connectivity index (χ1n) is 9.19. The van der Waals surface area contributed by atoms with Crippen LogP contribution in [0.15, 0.2) is 24.3 Å². The molecule has 2 rings (SSSR count). The highest BCUT2D eigenvalue weighted by Crippen LogP contribution is 2.23. The largest absolute Gasteiger partial charge is 0.497 e. The molecule has 3 unspecified atom stereocenters. The summed E-state index contributed by atoms with van der Waals surface area (Å²) in [6.45, 7) is 6.35. The van der Waals surface area contributed by atoms with Crippen molar-refractivity contribution in [3.8, 4) is 5.75 Å². The lowest BCUT2D eigenvalue weighted by atomic mass is 9.89. The van der Waals surface area contributed by atoms with Crippen molar-refractivity contribution < 1.29 is 24.2 Å². The number of rotatable bonds is 6. The average Bonchev–Trinajstić information content (AvgIpc) is 2.64.